The first-order valence-electron chi connectivity index (χ1n) is 8.50. The van der Waals surface area contributed by atoms with Crippen molar-refractivity contribution in [1.82, 2.24) is 15.3 Å². The predicted molar refractivity (Wildman–Crippen MR) is 101 cm³/mol. The first kappa shape index (κ1) is 17.6. The largest absolute Gasteiger partial charge is 0.497 e. The van der Waals surface area contributed by atoms with Crippen LogP contribution in [0.25, 0.3) is 11.3 Å². The van der Waals surface area contributed by atoms with E-state index in [1.54, 1.807) is 25.7 Å². The van der Waals surface area contributed by atoms with Crippen LogP contribution < -0.4 is 10.1 Å². The van der Waals surface area contributed by atoms with Crippen LogP contribution in [0.3, 0.4) is 0 Å². The molecule has 3 rings (SSSR count). The van der Waals surface area contributed by atoms with Crippen LogP contribution in [-0.2, 0) is 17.8 Å². The van der Waals surface area contributed by atoms with E-state index >= 15 is 0 Å². The Morgan fingerprint density at radius 3 is 2.62 bits per heavy atom. The molecule has 1 amide bonds. The molecule has 3 aromatic rings. The van der Waals surface area contributed by atoms with Crippen LogP contribution >= 0.6 is 0 Å². The second-order valence-electron chi connectivity index (χ2n) is 5.88. The Balaban J connectivity index is 1.56. The van der Waals surface area contributed by atoms with Crippen LogP contribution in [0, 0.1) is 0 Å². The molecule has 0 aliphatic carbocycles. The quantitative estimate of drug-likeness (QED) is 0.711. The highest BCUT2D eigenvalue weighted by molar-refractivity contribution is 5.76. The number of aryl methyl sites for hydroxylation is 1. The molecule has 0 aliphatic rings. The first-order chi connectivity index (χ1) is 12.8. The number of rotatable bonds is 7. The molecule has 2 heterocycles. The summed E-state index contributed by atoms with van der Waals surface area (Å²) in [5.41, 5.74) is 3.86. The van der Waals surface area contributed by atoms with Crippen molar-refractivity contribution in [2.45, 2.75) is 19.4 Å². The van der Waals surface area contributed by atoms with Crippen LogP contribution in [-0.4, -0.2) is 23.0 Å². The third-order valence-corrected chi connectivity index (χ3v) is 4.10. The number of carbonyl (C=O) groups is 1. The smallest absolute Gasteiger partial charge is 0.220 e. The van der Waals surface area contributed by atoms with Crippen molar-refractivity contribution in [1.29, 1.82) is 0 Å². The zero-order chi connectivity index (χ0) is 18.2. The molecule has 5 heteroatoms. The maximum atomic E-state index is 12.2. The Morgan fingerprint density at radius 1 is 1.08 bits per heavy atom. The van der Waals surface area contributed by atoms with Crippen LogP contribution in [0.15, 0.2) is 67.1 Å². The molecule has 0 atom stereocenters. The fraction of sp³-hybridized carbons (Fsp3) is 0.190. The summed E-state index contributed by atoms with van der Waals surface area (Å²) in [6.45, 7) is 0.444. The van der Waals surface area contributed by atoms with Gasteiger partial charge in [0.2, 0.25) is 5.91 Å². The number of amides is 1. The summed E-state index contributed by atoms with van der Waals surface area (Å²) in [6.07, 6.45) is 6.38. The molecular weight excluding hydrogens is 326 g/mol. The van der Waals surface area contributed by atoms with E-state index in [1.807, 2.05) is 48.5 Å². The van der Waals surface area contributed by atoms with Gasteiger partial charge in [-0.15, -0.1) is 0 Å². The molecule has 0 fully saturated rings. The third kappa shape index (κ3) is 4.66. The van der Waals surface area contributed by atoms with Gasteiger partial charge in [-0.1, -0.05) is 18.2 Å². The van der Waals surface area contributed by atoms with Crippen LogP contribution in [0.5, 0.6) is 5.75 Å². The van der Waals surface area contributed by atoms with Gasteiger partial charge in [-0.05, 0) is 47.9 Å². The Bertz CT molecular complexity index is 849. The molecule has 0 aliphatic heterocycles. The average Bonchev–Trinajstić information content (AvgIpc) is 2.72. The van der Waals surface area contributed by atoms with E-state index in [0.717, 1.165) is 28.1 Å². The van der Waals surface area contributed by atoms with Crippen molar-refractivity contribution in [3.8, 4) is 17.0 Å². The van der Waals surface area contributed by atoms with Crippen molar-refractivity contribution in [2.75, 3.05) is 7.11 Å². The molecule has 0 saturated heterocycles. The number of benzene rings is 1. The highest BCUT2D eigenvalue weighted by Gasteiger charge is 2.08. The number of hydrogen-bond donors (Lipinski definition) is 1. The lowest BCUT2D eigenvalue weighted by Crippen LogP contribution is -2.23. The van der Waals surface area contributed by atoms with Gasteiger partial charge in [0.05, 0.1) is 12.8 Å². The van der Waals surface area contributed by atoms with Crippen molar-refractivity contribution < 1.29 is 9.53 Å². The number of nitrogens with one attached hydrogen (secondary N) is 1. The molecular formula is C21H21N3O2. The Labute approximate surface area is 153 Å². The van der Waals surface area contributed by atoms with Crippen LogP contribution in [0.2, 0.25) is 0 Å². The molecule has 0 spiro atoms. The van der Waals surface area contributed by atoms with Crippen molar-refractivity contribution in [3.63, 3.8) is 0 Å². The number of ether oxygens (including phenoxy) is 1. The number of nitrogens with zero attached hydrogens (tertiary/aromatic N) is 2. The summed E-state index contributed by atoms with van der Waals surface area (Å²) < 4.78 is 5.14. The zero-order valence-electron chi connectivity index (χ0n) is 14.7. The summed E-state index contributed by atoms with van der Waals surface area (Å²) in [5.74, 6) is 0.833. The number of pyridine rings is 2. The number of hydrogen-bond acceptors (Lipinski definition) is 4. The topological polar surface area (TPSA) is 64.1 Å². The van der Waals surface area contributed by atoms with Crippen LogP contribution in [0.1, 0.15) is 17.5 Å². The minimum absolute atomic E-state index is 0.0156. The lowest BCUT2D eigenvalue weighted by atomic mass is 10.1. The monoisotopic (exact) mass is 347 g/mol. The Morgan fingerprint density at radius 2 is 1.88 bits per heavy atom. The van der Waals surface area contributed by atoms with E-state index in [2.05, 4.69) is 15.3 Å². The Hall–Kier alpha value is -3.21. The SMILES string of the molecule is COc1ccc(CCC(=O)NCc2cccnc2-c2cccnc2)cc1. The normalized spacial score (nSPS) is 10.3. The van der Waals surface area contributed by atoms with E-state index in [4.69, 9.17) is 4.74 Å². The second kappa shape index (κ2) is 8.76. The lowest BCUT2D eigenvalue weighted by Gasteiger charge is -2.10. The summed E-state index contributed by atoms with van der Waals surface area (Å²) in [4.78, 5) is 20.8. The second-order valence-corrected chi connectivity index (χ2v) is 5.88. The van der Waals surface area contributed by atoms with Crippen molar-refractivity contribution in [2.24, 2.45) is 0 Å². The molecule has 0 radical (unpaired) electrons. The first-order valence-corrected chi connectivity index (χ1v) is 8.50. The zero-order valence-corrected chi connectivity index (χ0v) is 14.7. The maximum Gasteiger partial charge on any atom is 0.220 e. The van der Waals surface area contributed by atoms with Gasteiger partial charge in [0, 0.05) is 37.1 Å². The molecule has 2 aromatic heterocycles. The van der Waals surface area contributed by atoms with Gasteiger partial charge in [0.25, 0.3) is 0 Å². The molecule has 1 aromatic carbocycles. The summed E-state index contributed by atoms with van der Waals surface area (Å²) in [5, 5.41) is 2.98. The van der Waals surface area contributed by atoms with Crippen LogP contribution in [0.4, 0.5) is 0 Å². The molecule has 0 bridgehead atoms. The van der Waals surface area contributed by atoms with E-state index < -0.39 is 0 Å². The molecule has 0 unspecified atom stereocenters. The average molecular weight is 347 g/mol. The van der Waals surface area contributed by atoms with E-state index in [1.165, 1.54) is 0 Å². The molecule has 5 nitrogen and oxygen atoms in total. The summed E-state index contributed by atoms with van der Waals surface area (Å²) in [7, 11) is 1.64. The van der Waals surface area contributed by atoms with Crippen molar-refractivity contribution >= 4 is 5.91 Å². The van der Waals surface area contributed by atoms with E-state index in [9.17, 15) is 4.79 Å². The maximum absolute atomic E-state index is 12.2. The van der Waals surface area contributed by atoms with Gasteiger partial charge >= 0.3 is 0 Å². The highest BCUT2D eigenvalue weighted by atomic mass is 16.5. The highest BCUT2D eigenvalue weighted by Crippen LogP contribution is 2.19. The number of aromatic nitrogens is 2. The third-order valence-electron chi connectivity index (χ3n) is 4.10. The minimum Gasteiger partial charge on any atom is -0.497 e. The van der Waals surface area contributed by atoms with Gasteiger partial charge in [-0.25, -0.2) is 0 Å². The standard InChI is InChI=1S/C21H21N3O2/c1-26-19-9-6-16(7-10-19)8-11-20(25)24-15-18-5-3-13-23-21(18)17-4-2-12-22-14-17/h2-7,9-10,12-14H,8,11,15H2,1H3,(H,24,25). The molecule has 26 heavy (non-hydrogen) atoms. The molecule has 1 N–H and O–H groups in total. The van der Waals surface area contributed by atoms with Gasteiger partial charge in [0.1, 0.15) is 5.75 Å². The van der Waals surface area contributed by atoms with E-state index in [0.29, 0.717) is 19.4 Å². The lowest BCUT2D eigenvalue weighted by molar-refractivity contribution is -0.121. The van der Waals surface area contributed by atoms with Crippen molar-refractivity contribution in [3.05, 3.63) is 78.2 Å². The van der Waals surface area contributed by atoms with Gasteiger partial charge < -0.3 is 10.1 Å². The summed E-state index contributed by atoms with van der Waals surface area (Å²) in [6, 6.07) is 15.5. The molecule has 0 saturated carbocycles. The fourth-order valence-electron chi connectivity index (χ4n) is 2.68. The number of methoxy groups -OCH3 is 1. The Kier molecular flexibility index (Phi) is 5.93. The fourth-order valence-corrected chi connectivity index (χ4v) is 2.68. The van der Waals surface area contributed by atoms with Gasteiger partial charge in [-0.2, -0.15) is 0 Å². The van der Waals surface area contributed by atoms with Gasteiger partial charge in [-0.3, -0.25) is 14.8 Å². The minimum atomic E-state index is 0.0156. The molecule has 132 valence electrons. The van der Waals surface area contributed by atoms with E-state index in [-0.39, 0.29) is 5.91 Å². The van der Waals surface area contributed by atoms with Gasteiger partial charge in [0.15, 0.2) is 0 Å². The predicted octanol–water partition coefficient (Wildman–Crippen LogP) is 3.40. The number of carbonyl (C=O) groups excluding carboxylic acids is 1. The summed E-state index contributed by atoms with van der Waals surface area (Å²) >= 11 is 0.